The van der Waals surface area contributed by atoms with E-state index >= 15 is 0 Å². The minimum atomic E-state index is 0.00558. The van der Waals surface area contributed by atoms with Crippen LogP contribution in [0.2, 0.25) is 5.02 Å². The number of ether oxygens (including phenoxy) is 1. The molecule has 1 saturated carbocycles. The Morgan fingerprint density at radius 2 is 2.04 bits per heavy atom. The summed E-state index contributed by atoms with van der Waals surface area (Å²) in [5, 5.41) is 9.59. The van der Waals surface area contributed by atoms with Crippen molar-refractivity contribution in [3.63, 3.8) is 0 Å². The summed E-state index contributed by atoms with van der Waals surface area (Å²) in [6.07, 6.45) is 2.49. The van der Waals surface area contributed by atoms with Gasteiger partial charge in [0.2, 0.25) is 0 Å². The van der Waals surface area contributed by atoms with Gasteiger partial charge in [-0.2, -0.15) is 0 Å². The van der Waals surface area contributed by atoms with Gasteiger partial charge in [-0.15, -0.1) is 10.2 Å². The van der Waals surface area contributed by atoms with E-state index in [9.17, 15) is 0 Å². The van der Waals surface area contributed by atoms with E-state index in [0.717, 1.165) is 35.3 Å². The summed E-state index contributed by atoms with van der Waals surface area (Å²) in [6, 6.07) is 8.29. The molecule has 5 nitrogen and oxygen atoms in total. The quantitative estimate of drug-likeness (QED) is 0.852. The van der Waals surface area contributed by atoms with Gasteiger partial charge in [0, 0.05) is 36.1 Å². The molecular weight excluding hydrogens is 324 g/mol. The number of rotatable bonds is 4. The number of hydrogen-bond acceptors (Lipinski definition) is 4. The van der Waals surface area contributed by atoms with Gasteiger partial charge in [-0.3, -0.25) is 4.90 Å². The number of hydrogen-bond donors (Lipinski definition) is 0. The van der Waals surface area contributed by atoms with E-state index in [1.807, 2.05) is 18.2 Å². The normalized spacial score (nSPS) is 25.1. The van der Waals surface area contributed by atoms with Crippen LogP contribution in [0.1, 0.15) is 49.0 Å². The van der Waals surface area contributed by atoms with Crippen LogP contribution in [0.25, 0.3) is 0 Å². The highest BCUT2D eigenvalue weighted by Crippen LogP contribution is 2.39. The van der Waals surface area contributed by atoms with Crippen molar-refractivity contribution in [2.24, 2.45) is 7.05 Å². The van der Waals surface area contributed by atoms with Crippen molar-refractivity contribution in [1.82, 2.24) is 19.7 Å². The van der Waals surface area contributed by atoms with Crippen molar-refractivity contribution in [1.29, 1.82) is 0 Å². The average molecular weight is 347 g/mol. The Morgan fingerprint density at radius 3 is 2.79 bits per heavy atom. The van der Waals surface area contributed by atoms with Crippen molar-refractivity contribution in [3.8, 4) is 0 Å². The zero-order valence-electron chi connectivity index (χ0n) is 14.2. The first kappa shape index (κ1) is 16.1. The lowest BCUT2D eigenvalue weighted by atomic mass is 10.1. The molecule has 1 aliphatic heterocycles. The van der Waals surface area contributed by atoms with Crippen LogP contribution in [0.4, 0.5) is 0 Å². The first-order valence-electron chi connectivity index (χ1n) is 8.61. The number of benzene rings is 1. The minimum Gasteiger partial charge on any atom is -0.371 e. The second-order valence-electron chi connectivity index (χ2n) is 6.93. The Labute approximate surface area is 147 Å². The molecular formula is C18H23ClN4O. The second-order valence-corrected chi connectivity index (χ2v) is 7.34. The van der Waals surface area contributed by atoms with Gasteiger partial charge in [-0.1, -0.05) is 29.8 Å². The summed E-state index contributed by atoms with van der Waals surface area (Å²) in [5.74, 6) is 2.78. The Hall–Kier alpha value is -1.43. The maximum Gasteiger partial charge on any atom is 0.146 e. The Kier molecular flexibility index (Phi) is 4.33. The lowest BCUT2D eigenvalue weighted by Crippen LogP contribution is -2.44. The predicted octanol–water partition coefficient (Wildman–Crippen LogP) is 3.31. The molecule has 2 atom stereocenters. The predicted molar refractivity (Wildman–Crippen MR) is 93.0 cm³/mol. The van der Waals surface area contributed by atoms with Crippen LogP contribution in [0, 0.1) is 0 Å². The minimum absolute atomic E-state index is 0.00558. The van der Waals surface area contributed by atoms with E-state index in [-0.39, 0.29) is 6.10 Å². The molecule has 1 aromatic carbocycles. The molecule has 2 aliphatic rings. The fourth-order valence-corrected chi connectivity index (χ4v) is 3.60. The summed E-state index contributed by atoms with van der Waals surface area (Å²) >= 11 is 6.35. The number of nitrogens with zero attached hydrogens (tertiary/aromatic N) is 4. The zero-order valence-corrected chi connectivity index (χ0v) is 14.9. The molecule has 1 aliphatic carbocycles. The molecule has 6 heteroatoms. The molecule has 0 bridgehead atoms. The van der Waals surface area contributed by atoms with E-state index in [4.69, 9.17) is 16.3 Å². The molecule has 1 saturated heterocycles. The van der Waals surface area contributed by atoms with Crippen LogP contribution in [-0.4, -0.2) is 38.9 Å². The Balaban J connectivity index is 1.50. The monoisotopic (exact) mass is 346 g/mol. The summed E-state index contributed by atoms with van der Waals surface area (Å²) in [6.45, 7) is 4.50. The highest BCUT2D eigenvalue weighted by atomic mass is 35.5. The molecule has 0 unspecified atom stereocenters. The van der Waals surface area contributed by atoms with Crippen molar-refractivity contribution in [2.75, 3.05) is 13.2 Å². The first-order valence-corrected chi connectivity index (χ1v) is 8.99. The molecule has 0 N–H and O–H groups in total. The summed E-state index contributed by atoms with van der Waals surface area (Å²) < 4.78 is 8.21. The largest absolute Gasteiger partial charge is 0.371 e. The van der Waals surface area contributed by atoms with Crippen molar-refractivity contribution in [2.45, 2.75) is 44.4 Å². The molecule has 4 rings (SSSR count). The third-order valence-electron chi connectivity index (χ3n) is 5.10. The van der Waals surface area contributed by atoms with Gasteiger partial charge in [-0.25, -0.2) is 0 Å². The van der Waals surface area contributed by atoms with Crippen molar-refractivity contribution >= 4 is 11.6 Å². The van der Waals surface area contributed by atoms with Gasteiger partial charge in [0.25, 0.3) is 0 Å². The fourth-order valence-electron chi connectivity index (χ4n) is 3.34. The van der Waals surface area contributed by atoms with Gasteiger partial charge in [-0.05, 0) is 25.8 Å². The molecule has 1 aromatic heterocycles. The zero-order chi connectivity index (χ0) is 16.7. The van der Waals surface area contributed by atoms with Crippen molar-refractivity contribution in [3.05, 3.63) is 46.5 Å². The smallest absolute Gasteiger partial charge is 0.146 e. The van der Waals surface area contributed by atoms with E-state index in [1.54, 1.807) is 0 Å². The molecule has 24 heavy (non-hydrogen) atoms. The van der Waals surface area contributed by atoms with Gasteiger partial charge in [0.1, 0.15) is 11.6 Å². The van der Waals surface area contributed by atoms with Gasteiger partial charge >= 0.3 is 0 Å². The molecule has 0 spiro atoms. The maximum absolute atomic E-state index is 6.35. The SMILES string of the molecule is C[C@@H]1CO[C@H](c2ccccc2Cl)CN1Cc1nnc(C2CC2)n1C. The lowest BCUT2D eigenvalue weighted by Gasteiger charge is -2.38. The highest BCUT2D eigenvalue weighted by Gasteiger charge is 2.32. The topological polar surface area (TPSA) is 43.2 Å². The molecule has 0 radical (unpaired) electrons. The van der Waals surface area contributed by atoms with Crippen LogP contribution in [0.15, 0.2) is 24.3 Å². The number of aromatic nitrogens is 3. The maximum atomic E-state index is 6.35. The highest BCUT2D eigenvalue weighted by molar-refractivity contribution is 6.31. The van der Waals surface area contributed by atoms with Gasteiger partial charge in [0.05, 0.1) is 19.3 Å². The molecule has 2 aromatic rings. The van der Waals surface area contributed by atoms with Crippen LogP contribution in [-0.2, 0) is 18.3 Å². The summed E-state index contributed by atoms with van der Waals surface area (Å²) in [4.78, 5) is 2.41. The van der Waals surface area contributed by atoms with E-state index in [1.165, 1.54) is 12.8 Å². The first-order chi connectivity index (χ1) is 11.6. The van der Waals surface area contributed by atoms with Crippen LogP contribution in [0.5, 0.6) is 0 Å². The van der Waals surface area contributed by atoms with Crippen LogP contribution < -0.4 is 0 Å². The third-order valence-corrected chi connectivity index (χ3v) is 5.44. The third kappa shape index (κ3) is 3.08. The summed E-state index contributed by atoms with van der Waals surface area (Å²) in [7, 11) is 2.08. The number of halogens is 1. The number of morpholine rings is 1. The van der Waals surface area contributed by atoms with E-state index < -0.39 is 0 Å². The Bertz CT molecular complexity index is 728. The Morgan fingerprint density at radius 1 is 1.25 bits per heavy atom. The molecule has 0 amide bonds. The van der Waals surface area contributed by atoms with E-state index in [0.29, 0.717) is 18.6 Å². The fraction of sp³-hybridized carbons (Fsp3) is 0.556. The standard InChI is InChI=1S/C18H23ClN4O/c1-12-11-24-16(14-5-3-4-6-15(14)19)9-23(12)10-17-20-21-18(22(17)2)13-7-8-13/h3-6,12-13,16H,7-11H2,1-2H3/t12-,16+/m1/s1. The summed E-state index contributed by atoms with van der Waals surface area (Å²) in [5.41, 5.74) is 1.06. The average Bonchev–Trinajstić information content (AvgIpc) is 3.35. The van der Waals surface area contributed by atoms with E-state index in [2.05, 4.69) is 39.7 Å². The second kappa shape index (κ2) is 6.47. The van der Waals surface area contributed by atoms with Crippen LogP contribution >= 0.6 is 11.6 Å². The van der Waals surface area contributed by atoms with Gasteiger partial charge < -0.3 is 9.30 Å². The van der Waals surface area contributed by atoms with Gasteiger partial charge in [0.15, 0.2) is 0 Å². The van der Waals surface area contributed by atoms with Crippen LogP contribution in [0.3, 0.4) is 0 Å². The lowest BCUT2D eigenvalue weighted by molar-refractivity contribution is -0.0643. The molecule has 2 heterocycles. The molecule has 2 fully saturated rings. The molecule has 128 valence electrons. The van der Waals surface area contributed by atoms with Crippen molar-refractivity contribution < 1.29 is 4.74 Å².